The van der Waals surface area contributed by atoms with E-state index < -0.39 is 32.5 Å². The number of nitrogens with zero attached hydrogens (tertiary/aromatic N) is 2. The number of carbonyl (C=O) groups is 1. The van der Waals surface area contributed by atoms with Gasteiger partial charge < -0.3 is 5.32 Å². The molecule has 2 rings (SSSR count). The SMILES string of the molecule is CN(C)S(=O)(=O)c1ccc(N(CC(=O)NCc2ccccc2)S(C)(=O)=O)cc1. The van der Waals surface area contributed by atoms with Crippen LogP contribution in [-0.4, -0.2) is 53.9 Å². The van der Waals surface area contributed by atoms with Crippen LogP contribution in [0.2, 0.25) is 0 Å². The van der Waals surface area contributed by atoms with Crippen LogP contribution in [0.25, 0.3) is 0 Å². The second-order valence-electron chi connectivity index (χ2n) is 6.31. The highest BCUT2D eigenvalue weighted by Crippen LogP contribution is 2.21. The van der Waals surface area contributed by atoms with E-state index >= 15 is 0 Å². The van der Waals surface area contributed by atoms with Gasteiger partial charge in [0.2, 0.25) is 26.0 Å². The molecule has 1 amide bonds. The highest BCUT2D eigenvalue weighted by atomic mass is 32.2. The molecule has 0 radical (unpaired) electrons. The molecule has 0 heterocycles. The summed E-state index contributed by atoms with van der Waals surface area (Å²) >= 11 is 0. The number of hydrogen-bond acceptors (Lipinski definition) is 5. The van der Waals surface area contributed by atoms with Crippen molar-refractivity contribution in [1.29, 1.82) is 0 Å². The molecular weight excluding hydrogens is 402 g/mol. The van der Waals surface area contributed by atoms with Gasteiger partial charge in [-0.25, -0.2) is 21.1 Å². The van der Waals surface area contributed by atoms with Crippen LogP contribution in [0.15, 0.2) is 59.5 Å². The van der Waals surface area contributed by atoms with Crippen molar-refractivity contribution in [1.82, 2.24) is 9.62 Å². The van der Waals surface area contributed by atoms with Gasteiger partial charge in [-0.15, -0.1) is 0 Å². The molecule has 152 valence electrons. The molecule has 0 bridgehead atoms. The molecular formula is C18H23N3O5S2. The number of rotatable bonds is 8. The summed E-state index contributed by atoms with van der Waals surface area (Å²) in [5.74, 6) is -0.473. The highest BCUT2D eigenvalue weighted by Gasteiger charge is 2.22. The minimum atomic E-state index is -3.75. The molecule has 10 heteroatoms. The van der Waals surface area contributed by atoms with Gasteiger partial charge in [-0.1, -0.05) is 30.3 Å². The van der Waals surface area contributed by atoms with Crippen LogP contribution in [-0.2, 0) is 31.4 Å². The first-order chi connectivity index (χ1) is 13.0. The third kappa shape index (κ3) is 5.54. The van der Waals surface area contributed by atoms with Crippen LogP contribution in [0.1, 0.15) is 5.56 Å². The van der Waals surface area contributed by atoms with Crippen molar-refractivity contribution in [3.63, 3.8) is 0 Å². The molecule has 0 saturated carbocycles. The summed E-state index contributed by atoms with van der Waals surface area (Å²) in [5.41, 5.74) is 1.09. The van der Waals surface area contributed by atoms with Crippen LogP contribution in [0, 0.1) is 0 Å². The Morgan fingerprint density at radius 2 is 1.50 bits per heavy atom. The van der Waals surface area contributed by atoms with Crippen LogP contribution >= 0.6 is 0 Å². The molecule has 0 aliphatic carbocycles. The van der Waals surface area contributed by atoms with Gasteiger partial charge in [-0.3, -0.25) is 9.10 Å². The maximum Gasteiger partial charge on any atom is 0.242 e. The van der Waals surface area contributed by atoms with E-state index in [-0.39, 0.29) is 17.1 Å². The Kier molecular flexibility index (Phi) is 6.81. The zero-order valence-electron chi connectivity index (χ0n) is 15.9. The van der Waals surface area contributed by atoms with Crippen molar-refractivity contribution in [2.45, 2.75) is 11.4 Å². The van der Waals surface area contributed by atoms with E-state index in [1.165, 1.54) is 38.4 Å². The molecule has 2 aromatic rings. The molecule has 1 N–H and O–H groups in total. The second kappa shape index (κ2) is 8.72. The fourth-order valence-electron chi connectivity index (χ4n) is 2.38. The summed E-state index contributed by atoms with van der Waals surface area (Å²) in [7, 11) is -4.57. The van der Waals surface area contributed by atoms with E-state index in [2.05, 4.69) is 5.32 Å². The summed E-state index contributed by atoms with van der Waals surface area (Å²) in [5, 5.41) is 2.67. The molecule has 8 nitrogen and oxygen atoms in total. The molecule has 0 saturated heterocycles. The van der Waals surface area contributed by atoms with E-state index in [4.69, 9.17) is 0 Å². The Morgan fingerprint density at radius 3 is 2.00 bits per heavy atom. The molecule has 0 aliphatic rings. The number of benzene rings is 2. The van der Waals surface area contributed by atoms with Gasteiger partial charge in [-0.05, 0) is 29.8 Å². The van der Waals surface area contributed by atoms with E-state index in [9.17, 15) is 21.6 Å². The standard InChI is InChI=1S/C18H23N3O5S2/c1-20(2)28(25,26)17-11-9-16(10-12-17)21(27(3,23)24)14-18(22)19-13-15-7-5-4-6-8-15/h4-12H,13-14H2,1-3H3,(H,19,22). The second-order valence-corrected chi connectivity index (χ2v) is 10.4. The van der Waals surface area contributed by atoms with Crippen LogP contribution in [0.4, 0.5) is 5.69 Å². The Morgan fingerprint density at radius 1 is 0.929 bits per heavy atom. The number of amides is 1. The lowest BCUT2D eigenvalue weighted by Gasteiger charge is -2.22. The average Bonchev–Trinajstić information content (AvgIpc) is 2.64. The van der Waals surface area contributed by atoms with Crippen molar-refractivity contribution in [2.75, 3.05) is 31.2 Å². The predicted molar refractivity (Wildman–Crippen MR) is 108 cm³/mol. The topological polar surface area (TPSA) is 104 Å². The lowest BCUT2D eigenvalue weighted by molar-refractivity contribution is -0.119. The van der Waals surface area contributed by atoms with Crippen molar-refractivity contribution in [2.24, 2.45) is 0 Å². The average molecular weight is 426 g/mol. The summed E-state index contributed by atoms with van der Waals surface area (Å²) < 4.78 is 50.6. The molecule has 0 unspecified atom stereocenters. The lowest BCUT2D eigenvalue weighted by Crippen LogP contribution is -2.40. The predicted octanol–water partition coefficient (Wildman–Crippen LogP) is 1.02. The summed E-state index contributed by atoms with van der Waals surface area (Å²) in [6.07, 6.45) is 0.988. The van der Waals surface area contributed by atoms with Crippen LogP contribution in [0.5, 0.6) is 0 Å². The van der Waals surface area contributed by atoms with Crippen molar-refractivity contribution in [3.05, 3.63) is 60.2 Å². The van der Waals surface area contributed by atoms with Crippen molar-refractivity contribution < 1.29 is 21.6 Å². The van der Waals surface area contributed by atoms with Crippen molar-refractivity contribution in [3.8, 4) is 0 Å². The zero-order chi connectivity index (χ0) is 20.9. The molecule has 0 spiro atoms. The van der Waals surface area contributed by atoms with E-state index in [1.807, 2.05) is 30.3 Å². The molecule has 2 aromatic carbocycles. The normalized spacial score (nSPS) is 12.0. The monoisotopic (exact) mass is 425 g/mol. The number of hydrogen-bond donors (Lipinski definition) is 1. The van der Waals surface area contributed by atoms with Gasteiger partial charge in [0.25, 0.3) is 0 Å². The third-order valence-electron chi connectivity index (χ3n) is 3.92. The first kappa shape index (κ1) is 21.9. The van der Waals surface area contributed by atoms with Crippen LogP contribution in [0.3, 0.4) is 0 Å². The minimum Gasteiger partial charge on any atom is -0.350 e. The number of sulfonamides is 2. The van der Waals surface area contributed by atoms with Crippen molar-refractivity contribution >= 4 is 31.6 Å². The quantitative estimate of drug-likeness (QED) is 0.680. The zero-order valence-corrected chi connectivity index (χ0v) is 17.5. The highest BCUT2D eigenvalue weighted by molar-refractivity contribution is 7.92. The maximum atomic E-state index is 12.2. The van der Waals surface area contributed by atoms with Gasteiger partial charge >= 0.3 is 0 Å². The van der Waals surface area contributed by atoms with Crippen LogP contribution < -0.4 is 9.62 Å². The van der Waals surface area contributed by atoms with E-state index in [1.54, 1.807) is 0 Å². The fourth-order valence-corrected chi connectivity index (χ4v) is 4.14. The lowest BCUT2D eigenvalue weighted by atomic mass is 10.2. The van der Waals surface area contributed by atoms with E-state index in [0.29, 0.717) is 0 Å². The van der Waals surface area contributed by atoms with Gasteiger partial charge in [0, 0.05) is 20.6 Å². The molecule has 0 atom stereocenters. The Hall–Kier alpha value is -2.43. The molecule has 0 aromatic heterocycles. The van der Waals surface area contributed by atoms with Gasteiger partial charge in [-0.2, -0.15) is 0 Å². The molecule has 0 aliphatic heterocycles. The first-order valence-electron chi connectivity index (χ1n) is 8.33. The largest absolute Gasteiger partial charge is 0.350 e. The Labute approximate surface area is 165 Å². The van der Waals surface area contributed by atoms with Gasteiger partial charge in [0.05, 0.1) is 16.8 Å². The maximum absolute atomic E-state index is 12.2. The third-order valence-corrected chi connectivity index (χ3v) is 6.89. The summed E-state index contributed by atoms with van der Waals surface area (Å²) in [6, 6.07) is 14.6. The fraction of sp³-hybridized carbons (Fsp3) is 0.278. The molecule has 28 heavy (non-hydrogen) atoms. The number of nitrogens with one attached hydrogen (secondary N) is 1. The van der Waals surface area contributed by atoms with Gasteiger partial charge in [0.1, 0.15) is 6.54 Å². The Balaban J connectivity index is 2.17. The minimum absolute atomic E-state index is 0.0308. The Bertz CT molecular complexity index is 1020. The number of carbonyl (C=O) groups excluding carboxylic acids is 1. The smallest absolute Gasteiger partial charge is 0.242 e. The van der Waals surface area contributed by atoms with E-state index in [0.717, 1.165) is 20.4 Å². The number of anilines is 1. The van der Waals surface area contributed by atoms with Gasteiger partial charge in [0.15, 0.2) is 0 Å². The summed E-state index contributed by atoms with van der Waals surface area (Å²) in [6.45, 7) is -0.136. The summed E-state index contributed by atoms with van der Waals surface area (Å²) in [4.78, 5) is 12.3. The first-order valence-corrected chi connectivity index (χ1v) is 11.6. The molecule has 0 fully saturated rings.